The topological polar surface area (TPSA) is 113 Å². The molecule has 0 saturated heterocycles. The van der Waals surface area contributed by atoms with Crippen LogP contribution in [0.5, 0.6) is 0 Å². The van der Waals surface area contributed by atoms with Crippen LogP contribution in [-0.2, 0) is 26.0 Å². The number of carbonyl (C=O) groups excluding carboxylic acids is 1. The first kappa shape index (κ1) is 20.9. The Bertz CT molecular complexity index is 948. The summed E-state index contributed by atoms with van der Waals surface area (Å²) >= 11 is 0. The smallest absolute Gasteiger partial charge is 0.308 e. The Morgan fingerprint density at radius 1 is 1.11 bits per heavy atom. The van der Waals surface area contributed by atoms with E-state index in [1.807, 2.05) is 42.5 Å². The molecule has 7 nitrogen and oxygen atoms in total. The number of fused-ring (bicyclic) bond motifs is 1. The summed E-state index contributed by atoms with van der Waals surface area (Å²) in [5.74, 6) is -2.46. The van der Waals surface area contributed by atoms with Gasteiger partial charge in [-0.05, 0) is 36.6 Å². The molecule has 0 aromatic heterocycles. The molecular formula is C19H24N2O5S. The van der Waals surface area contributed by atoms with Crippen LogP contribution < -0.4 is 10.0 Å². The van der Waals surface area contributed by atoms with E-state index >= 15 is 0 Å². The van der Waals surface area contributed by atoms with E-state index in [0.717, 1.165) is 22.6 Å². The van der Waals surface area contributed by atoms with Gasteiger partial charge in [-0.25, -0.2) is 13.1 Å². The summed E-state index contributed by atoms with van der Waals surface area (Å²) < 4.78 is 25.0. The molecule has 0 heterocycles. The highest BCUT2D eigenvalue weighted by Gasteiger charge is 2.31. The summed E-state index contributed by atoms with van der Waals surface area (Å²) in [5.41, 5.74) is -0.501. The van der Waals surface area contributed by atoms with Gasteiger partial charge in [0.25, 0.3) is 0 Å². The molecule has 2 rings (SSSR count). The molecule has 0 radical (unpaired) electrons. The Hall–Kier alpha value is -2.45. The summed E-state index contributed by atoms with van der Waals surface area (Å²) in [4.78, 5) is 24.0. The number of nitrogens with one attached hydrogen (secondary N) is 2. The minimum absolute atomic E-state index is 0.105. The third-order valence-corrected chi connectivity index (χ3v) is 5.09. The molecule has 1 amide bonds. The normalized spacial score (nSPS) is 13.3. The van der Waals surface area contributed by atoms with Gasteiger partial charge in [-0.1, -0.05) is 42.5 Å². The highest BCUT2D eigenvalue weighted by atomic mass is 32.2. The molecule has 1 unspecified atom stereocenters. The number of rotatable bonds is 8. The van der Waals surface area contributed by atoms with E-state index in [-0.39, 0.29) is 13.0 Å². The van der Waals surface area contributed by atoms with Gasteiger partial charge in [0.15, 0.2) is 0 Å². The van der Waals surface area contributed by atoms with Gasteiger partial charge >= 0.3 is 5.97 Å². The fourth-order valence-electron chi connectivity index (χ4n) is 2.93. The van der Waals surface area contributed by atoms with Gasteiger partial charge in [0.1, 0.15) is 5.54 Å². The third kappa shape index (κ3) is 5.77. The predicted octanol–water partition coefficient (Wildman–Crippen LogP) is 1.53. The lowest BCUT2D eigenvalue weighted by Crippen LogP contribution is -2.55. The van der Waals surface area contributed by atoms with Gasteiger partial charge < -0.3 is 10.4 Å². The molecule has 3 N–H and O–H groups in total. The Morgan fingerprint density at radius 2 is 1.74 bits per heavy atom. The SMILES string of the molecule is CC(C)(NS(C)(=O)=O)C(=O)NCC(Cc1cccc2ccccc12)C(=O)O. The quantitative estimate of drug-likeness (QED) is 0.631. The fraction of sp³-hybridized carbons (Fsp3) is 0.368. The summed E-state index contributed by atoms with van der Waals surface area (Å²) in [6.07, 6.45) is 1.21. The van der Waals surface area contributed by atoms with Gasteiger partial charge in [0, 0.05) is 6.54 Å². The number of benzene rings is 2. The standard InChI is InChI=1S/C19H24N2O5S/c1-19(2,21-27(3,25)26)18(24)20-12-15(17(22)23)11-14-9-6-8-13-7-4-5-10-16(13)14/h4-10,15,21H,11-12H2,1-3H3,(H,20,24)(H,22,23). The summed E-state index contributed by atoms with van der Waals surface area (Å²) in [6.45, 7) is 2.74. The lowest BCUT2D eigenvalue weighted by Gasteiger charge is -2.25. The van der Waals surface area contributed by atoms with Crippen molar-refractivity contribution in [2.24, 2.45) is 5.92 Å². The number of amides is 1. The second-order valence-electron chi connectivity index (χ2n) is 7.09. The van der Waals surface area contributed by atoms with E-state index in [2.05, 4.69) is 10.0 Å². The average molecular weight is 392 g/mol. The van der Waals surface area contributed by atoms with Crippen LogP contribution in [0.2, 0.25) is 0 Å². The highest BCUT2D eigenvalue weighted by Crippen LogP contribution is 2.21. The van der Waals surface area contributed by atoms with Crippen LogP contribution in [0.1, 0.15) is 19.4 Å². The number of hydrogen-bond acceptors (Lipinski definition) is 4. The van der Waals surface area contributed by atoms with Crippen LogP contribution in [-0.4, -0.2) is 43.7 Å². The zero-order valence-corrected chi connectivity index (χ0v) is 16.3. The molecule has 0 aliphatic carbocycles. The van der Waals surface area contributed by atoms with E-state index in [4.69, 9.17) is 0 Å². The van der Waals surface area contributed by atoms with Crippen molar-refractivity contribution in [2.45, 2.75) is 25.8 Å². The minimum atomic E-state index is -3.58. The molecular weight excluding hydrogens is 368 g/mol. The van der Waals surface area contributed by atoms with Crippen LogP contribution >= 0.6 is 0 Å². The van der Waals surface area contributed by atoms with E-state index in [9.17, 15) is 23.1 Å². The Labute approximate surface area is 158 Å². The number of sulfonamides is 1. The van der Waals surface area contributed by atoms with Gasteiger partial charge in [0.2, 0.25) is 15.9 Å². The lowest BCUT2D eigenvalue weighted by molar-refractivity contribution is -0.141. The van der Waals surface area contributed by atoms with Crippen LogP contribution in [0.4, 0.5) is 0 Å². The van der Waals surface area contributed by atoms with Gasteiger partial charge in [-0.3, -0.25) is 9.59 Å². The Morgan fingerprint density at radius 3 is 2.37 bits per heavy atom. The van der Waals surface area contributed by atoms with Gasteiger partial charge in [-0.2, -0.15) is 0 Å². The molecule has 0 saturated carbocycles. The first-order valence-corrected chi connectivity index (χ1v) is 10.4. The number of carboxylic acid groups (broad SMARTS) is 1. The van der Waals surface area contributed by atoms with Gasteiger partial charge in [-0.15, -0.1) is 0 Å². The molecule has 2 aromatic carbocycles. The maximum Gasteiger partial charge on any atom is 0.308 e. The molecule has 0 fully saturated rings. The summed E-state index contributed by atoms with van der Waals surface area (Å²) in [6, 6.07) is 13.4. The molecule has 8 heteroatoms. The predicted molar refractivity (Wildman–Crippen MR) is 104 cm³/mol. The number of aliphatic carboxylic acids is 1. The maximum absolute atomic E-state index is 12.3. The maximum atomic E-state index is 12.3. The fourth-order valence-corrected chi connectivity index (χ4v) is 3.95. The van der Waals surface area contributed by atoms with Crippen LogP contribution in [0, 0.1) is 5.92 Å². The number of carbonyl (C=O) groups is 2. The highest BCUT2D eigenvalue weighted by molar-refractivity contribution is 7.88. The van der Waals surface area contributed by atoms with Crippen molar-refractivity contribution in [3.05, 3.63) is 48.0 Å². The van der Waals surface area contributed by atoms with Crippen LogP contribution in [0.15, 0.2) is 42.5 Å². The Kier molecular flexibility index (Phi) is 6.22. The largest absolute Gasteiger partial charge is 0.481 e. The van der Waals surface area contributed by atoms with E-state index in [1.165, 1.54) is 13.8 Å². The monoisotopic (exact) mass is 392 g/mol. The zero-order valence-electron chi connectivity index (χ0n) is 15.5. The van der Waals surface area contributed by atoms with Crippen LogP contribution in [0.3, 0.4) is 0 Å². The van der Waals surface area contributed by atoms with E-state index in [1.54, 1.807) is 0 Å². The first-order chi connectivity index (χ1) is 12.5. The van der Waals surface area contributed by atoms with Crippen molar-refractivity contribution in [3.63, 3.8) is 0 Å². The molecule has 27 heavy (non-hydrogen) atoms. The van der Waals surface area contributed by atoms with Gasteiger partial charge in [0.05, 0.1) is 12.2 Å². The lowest BCUT2D eigenvalue weighted by atomic mass is 9.94. The summed E-state index contributed by atoms with van der Waals surface area (Å²) in [5, 5.41) is 14.1. The zero-order chi connectivity index (χ0) is 20.2. The summed E-state index contributed by atoms with van der Waals surface area (Å²) in [7, 11) is -3.58. The van der Waals surface area contributed by atoms with Crippen molar-refractivity contribution in [1.82, 2.24) is 10.0 Å². The van der Waals surface area contributed by atoms with Crippen molar-refractivity contribution in [3.8, 4) is 0 Å². The van der Waals surface area contributed by atoms with Crippen molar-refractivity contribution >= 4 is 32.7 Å². The number of hydrogen-bond donors (Lipinski definition) is 3. The first-order valence-electron chi connectivity index (χ1n) is 8.46. The minimum Gasteiger partial charge on any atom is -0.481 e. The Balaban J connectivity index is 2.12. The molecule has 0 spiro atoms. The molecule has 0 aliphatic rings. The third-order valence-electron chi connectivity index (χ3n) is 4.21. The van der Waals surface area contributed by atoms with Crippen LogP contribution in [0.25, 0.3) is 10.8 Å². The average Bonchev–Trinajstić information content (AvgIpc) is 2.56. The van der Waals surface area contributed by atoms with Crippen molar-refractivity contribution < 1.29 is 23.1 Å². The molecule has 1 atom stereocenters. The van der Waals surface area contributed by atoms with E-state index in [0.29, 0.717) is 0 Å². The second-order valence-corrected chi connectivity index (χ2v) is 8.84. The van der Waals surface area contributed by atoms with Crippen molar-refractivity contribution in [2.75, 3.05) is 12.8 Å². The second kappa shape index (κ2) is 8.06. The number of carboxylic acids is 1. The molecule has 2 aromatic rings. The molecule has 146 valence electrons. The molecule has 0 bridgehead atoms. The van der Waals surface area contributed by atoms with Crippen molar-refractivity contribution in [1.29, 1.82) is 0 Å². The molecule has 0 aliphatic heterocycles. The van der Waals surface area contributed by atoms with E-state index < -0.39 is 33.4 Å².